The van der Waals surface area contributed by atoms with Gasteiger partial charge >= 0.3 is 0 Å². The number of carbonyl (C=O) groups excluding carboxylic acids is 2. The number of carbonyl (C=O) groups is 2. The second-order valence-electron chi connectivity index (χ2n) is 5.99. The number of nitrogens with one attached hydrogen (secondary N) is 3. The Morgan fingerprint density at radius 3 is 2.38 bits per heavy atom. The molecule has 0 heterocycles. The van der Waals surface area contributed by atoms with E-state index in [1.807, 2.05) is 20.8 Å². The lowest BCUT2D eigenvalue weighted by atomic mass is 10.1. The smallest absolute Gasteiger partial charge is 0.253 e. The van der Waals surface area contributed by atoms with Crippen molar-refractivity contribution in [2.75, 3.05) is 18.1 Å². The molecule has 1 aromatic carbocycles. The summed E-state index contributed by atoms with van der Waals surface area (Å²) in [7, 11) is 1.55. The molecule has 1 unspecified atom stereocenters. The van der Waals surface area contributed by atoms with E-state index in [1.54, 1.807) is 32.2 Å². The van der Waals surface area contributed by atoms with Crippen molar-refractivity contribution in [2.24, 2.45) is 0 Å². The first-order valence-corrected chi connectivity index (χ1v) is 6.84. The molecule has 116 valence electrons. The topological polar surface area (TPSA) is 96.2 Å². The predicted octanol–water partition coefficient (Wildman–Crippen LogP) is 1.34. The van der Waals surface area contributed by atoms with Crippen LogP contribution in [0.1, 0.15) is 38.1 Å². The fourth-order valence-corrected chi connectivity index (χ4v) is 1.79. The van der Waals surface area contributed by atoms with Crippen LogP contribution in [-0.4, -0.2) is 30.4 Å². The molecular formula is C15H24N4O2. The first-order valence-electron chi connectivity index (χ1n) is 6.84. The summed E-state index contributed by atoms with van der Waals surface area (Å²) in [5.41, 5.74) is 6.94. The number of rotatable bonds is 4. The molecule has 1 rings (SSSR count). The molecule has 0 aromatic heterocycles. The lowest BCUT2D eigenvalue weighted by molar-refractivity contribution is -0.122. The third-order valence-electron chi connectivity index (χ3n) is 2.78. The first-order chi connectivity index (χ1) is 9.64. The third-order valence-corrected chi connectivity index (χ3v) is 2.78. The van der Waals surface area contributed by atoms with Crippen molar-refractivity contribution in [3.63, 3.8) is 0 Å². The molecular weight excluding hydrogens is 268 g/mol. The van der Waals surface area contributed by atoms with Gasteiger partial charge in [-0.3, -0.25) is 9.59 Å². The maximum Gasteiger partial charge on any atom is 0.253 e. The van der Waals surface area contributed by atoms with Crippen LogP contribution < -0.4 is 21.7 Å². The summed E-state index contributed by atoms with van der Waals surface area (Å²) in [5, 5.41) is 8.48. The van der Waals surface area contributed by atoms with Gasteiger partial charge in [0.15, 0.2) is 0 Å². The van der Waals surface area contributed by atoms with Crippen molar-refractivity contribution in [1.82, 2.24) is 10.6 Å². The van der Waals surface area contributed by atoms with E-state index in [9.17, 15) is 9.59 Å². The molecule has 0 radical (unpaired) electrons. The fourth-order valence-electron chi connectivity index (χ4n) is 1.79. The van der Waals surface area contributed by atoms with Crippen molar-refractivity contribution < 1.29 is 9.59 Å². The fraction of sp³-hybridized carbons (Fsp3) is 0.467. The van der Waals surface area contributed by atoms with Crippen LogP contribution in [0.5, 0.6) is 0 Å². The van der Waals surface area contributed by atoms with E-state index < -0.39 is 6.04 Å². The molecule has 21 heavy (non-hydrogen) atoms. The predicted molar refractivity (Wildman–Crippen MR) is 85.2 cm³/mol. The van der Waals surface area contributed by atoms with Gasteiger partial charge in [0.05, 0.1) is 5.56 Å². The highest BCUT2D eigenvalue weighted by Gasteiger charge is 2.20. The molecule has 5 N–H and O–H groups in total. The average Bonchev–Trinajstić information content (AvgIpc) is 2.36. The van der Waals surface area contributed by atoms with Gasteiger partial charge in [-0.25, -0.2) is 0 Å². The largest absolute Gasteiger partial charge is 0.399 e. The number of hydrogen-bond donors (Lipinski definition) is 4. The van der Waals surface area contributed by atoms with Gasteiger partial charge in [0.2, 0.25) is 5.91 Å². The Morgan fingerprint density at radius 2 is 1.86 bits per heavy atom. The molecule has 0 aliphatic carbocycles. The maximum absolute atomic E-state index is 12.1. The van der Waals surface area contributed by atoms with E-state index in [-0.39, 0.29) is 17.4 Å². The van der Waals surface area contributed by atoms with E-state index in [1.165, 1.54) is 0 Å². The molecule has 0 aliphatic heterocycles. The molecule has 6 heteroatoms. The molecule has 0 saturated heterocycles. The number of anilines is 2. The number of hydrogen-bond acceptors (Lipinski definition) is 4. The summed E-state index contributed by atoms with van der Waals surface area (Å²) >= 11 is 0. The van der Waals surface area contributed by atoms with Crippen molar-refractivity contribution in [1.29, 1.82) is 0 Å². The van der Waals surface area contributed by atoms with Crippen LogP contribution in [0.25, 0.3) is 0 Å². The van der Waals surface area contributed by atoms with E-state index in [2.05, 4.69) is 16.0 Å². The van der Waals surface area contributed by atoms with Crippen molar-refractivity contribution in [3.05, 3.63) is 23.8 Å². The molecule has 0 fully saturated rings. The lowest BCUT2D eigenvalue weighted by Crippen LogP contribution is -2.47. The number of amides is 2. The number of nitrogens with two attached hydrogens (primary N) is 1. The van der Waals surface area contributed by atoms with Crippen LogP contribution in [0, 0.1) is 0 Å². The van der Waals surface area contributed by atoms with E-state index >= 15 is 0 Å². The van der Waals surface area contributed by atoms with E-state index in [0.29, 0.717) is 16.9 Å². The minimum Gasteiger partial charge on any atom is -0.399 e. The standard InChI is InChI=1S/C15H24N4O2/c1-9(13(20)19-15(2,3)4)18-12-8-10(16)6-7-11(12)14(21)17-5/h6-9,18H,16H2,1-5H3,(H,17,21)(H,19,20). The first kappa shape index (κ1) is 16.8. The summed E-state index contributed by atoms with van der Waals surface area (Å²) in [6.45, 7) is 7.47. The maximum atomic E-state index is 12.1. The zero-order valence-corrected chi connectivity index (χ0v) is 13.2. The van der Waals surface area contributed by atoms with Crippen molar-refractivity contribution in [2.45, 2.75) is 39.3 Å². The van der Waals surface area contributed by atoms with Gasteiger partial charge in [-0.1, -0.05) is 0 Å². The molecule has 6 nitrogen and oxygen atoms in total. The van der Waals surface area contributed by atoms with Crippen LogP contribution in [0.2, 0.25) is 0 Å². The zero-order chi connectivity index (χ0) is 16.2. The Kier molecular flexibility index (Phi) is 5.18. The number of benzene rings is 1. The van der Waals surface area contributed by atoms with Gasteiger partial charge in [-0.2, -0.15) is 0 Å². The summed E-state index contributed by atoms with van der Waals surface area (Å²) in [6.07, 6.45) is 0. The van der Waals surface area contributed by atoms with Crippen LogP contribution in [0.3, 0.4) is 0 Å². The molecule has 2 amide bonds. The number of nitrogen functional groups attached to an aromatic ring is 1. The van der Waals surface area contributed by atoms with Crippen LogP contribution >= 0.6 is 0 Å². The minimum atomic E-state index is -0.491. The van der Waals surface area contributed by atoms with Gasteiger partial charge in [-0.05, 0) is 45.9 Å². The highest BCUT2D eigenvalue weighted by Crippen LogP contribution is 2.20. The molecule has 0 spiro atoms. The van der Waals surface area contributed by atoms with Crippen LogP contribution in [-0.2, 0) is 4.79 Å². The van der Waals surface area contributed by atoms with Crippen molar-refractivity contribution in [3.8, 4) is 0 Å². The molecule has 1 aromatic rings. The monoisotopic (exact) mass is 292 g/mol. The minimum absolute atomic E-state index is 0.146. The quantitative estimate of drug-likeness (QED) is 0.630. The molecule has 0 bridgehead atoms. The Balaban J connectivity index is 2.94. The van der Waals surface area contributed by atoms with Gasteiger partial charge in [0.25, 0.3) is 5.91 Å². The van der Waals surface area contributed by atoms with Gasteiger partial charge in [-0.15, -0.1) is 0 Å². The normalized spacial score (nSPS) is 12.4. The Labute approximate surface area is 125 Å². The second-order valence-corrected chi connectivity index (χ2v) is 5.99. The Hall–Kier alpha value is -2.24. The SMILES string of the molecule is CNC(=O)c1ccc(N)cc1NC(C)C(=O)NC(C)(C)C. The molecule has 1 atom stereocenters. The molecule has 0 aliphatic rings. The highest BCUT2D eigenvalue weighted by molar-refractivity contribution is 6.00. The zero-order valence-electron chi connectivity index (χ0n) is 13.2. The van der Waals surface area contributed by atoms with Gasteiger partial charge < -0.3 is 21.7 Å². The average molecular weight is 292 g/mol. The van der Waals surface area contributed by atoms with E-state index in [0.717, 1.165) is 0 Å². The van der Waals surface area contributed by atoms with E-state index in [4.69, 9.17) is 5.73 Å². The van der Waals surface area contributed by atoms with Gasteiger partial charge in [0, 0.05) is 24.0 Å². The Morgan fingerprint density at radius 1 is 1.24 bits per heavy atom. The summed E-state index contributed by atoms with van der Waals surface area (Å²) in [5.74, 6) is -0.381. The van der Waals surface area contributed by atoms with Gasteiger partial charge in [0.1, 0.15) is 6.04 Å². The molecule has 0 saturated carbocycles. The summed E-state index contributed by atoms with van der Waals surface area (Å²) in [6, 6.07) is 4.43. The second kappa shape index (κ2) is 6.47. The van der Waals surface area contributed by atoms with Crippen molar-refractivity contribution >= 4 is 23.2 Å². The third kappa shape index (κ3) is 4.98. The van der Waals surface area contributed by atoms with Crippen LogP contribution in [0.4, 0.5) is 11.4 Å². The lowest BCUT2D eigenvalue weighted by Gasteiger charge is -2.24. The Bertz CT molecular complexity index is 535. The summed E-state index contributed by atoms with van der Waals surface area (Å²) < 4.78 is 0. The summed E-state index contributed by atoms with van der Waals surface area (Å²) in [4.78, 5) is 23.9. The highest BCUT2D eigenvalue weighted by atomic mass is 16.2. The van der Waals surface area contributed by atoms with Crippen LogP contribution in [0.15, 0.2) is 18.2 Å².